The maximum Gasteiger partial charge on any atom is 0.122 e. The topological polar surface area (TPSA) is 12.5 Å². The molecule has 1 aliphatic carbocycles. The molecule has 20 heavy (non-hydrogen) atoms. The van der Waals surface area contributed by atoms with Gasteiger partial charge in [0.2, 0.25) is 0 Å². The fourth-order valence-electron chi connectivity index (χ4n) is 4.07. The predicted octanol–water partition coefficient (Wildman–Crippen LogP) is 3.79. The van der Waals surface area contributed by atoms with Crippen molar-refractivity contribution in [1.29, 1.82) is 0 Å². The van der Waals surface area contributed by atoms with Gasteiger partial charge in [0.05, 0.1) is 7.11 Å². The van der Waals surface area contributed by atoms with E-state index in [1.807, 2.05) is 18.9 Å². The SMILES string of the molecule is CCCN1C[C@@H]2CCc3c(SC)ccc(OC)c3[C@@H]2C1. The first kappa shape index (κ1) is 14.3. The Morgan fingerprint density at radius 2 is 2.20 bits per heavy atom. The van der Waals surface area contributed by atoms with Gasteiger partial charge in [0.1, 0.15) is 5.75 Å². The van der Waals surface area contributed by atoms with Crippen LogP contribution in [0.2, 0.25) is 0 Å². The lowest BCUT2D eigenvalue weighted by atomic mass is 9.76. The van der Waals surface area contributed by atoms with Gasteiger partial charge in [-0.1, -0.05) is 6.92 Å². The number of thioether (sulfide) groups is 1. The molecule has 2 atom stereocenters. The second-order valence-corrected chi connectivity index (χ2v) is 6.88. The standard InChI is InChI=1S/C17H25NOS/c1-4-9-18-10-12-5-6-13-16(20-3)8-7-15(19-2)17(13)14(12)11-18/h7-8,12,14H,4-6,9-11H2,1-3H3/t12-,14+/m0/s1. The van der Waals surface area contributed by atoms with Gasteiger partial charge in [0.25, 0.3) is 0 Å². The molecule has 0 spiro atoms. The predicted molar refractivity (Wildman–Crippen MR) is 86.1 cm³/mol. The zero-order valence-corrected chi connectivity index (χ0v) is 13.6. The van der Waals surface area contributed by atoms with Gasteiger partial charge in [-0.25, -0.2) is 0 Å². The van der Waals surface area contributed by atoms with E-state index in [0.29, 0.717) is 5.92 Å². The summed E-state index contributed by atoms with van der Waals surface area (Å²) in [7, 11) is 1.82. The first-order valence-corrected chi connectivity index (χ1v) is 8.97. The van der Waals surface area contributed by atoms with Crippen LogP contribution in [0.4, 0.5) is 0 Å². The van der Waals surface area contributed by atoms with Gasteiger partial charge in [0.15, 0.2) is 0 Å². The van der Waals surface area contributed by atoms with Gasteiger partial charge < -0.3 is 9.64 Å². The highest BCUT2D eigenvalue weighted by molar-refractivity contribution is 7.98. The molecule has 0 saturated carbocycles. The smallest absolute Gasteiger partial charge is 0.122 e. The molecular weight excluding hydrogens is 266 g/mol. The van der Waals surface area contributed by atoms with Crippen molar-refractivity contribution in [2.45, 2.75) is 37.0 Å². The van der Waals surface area contributed by atoms with Crippen LogP contribution in [-0.4, -0.2) is 37.9 Å². The van der Waals surface area contributed by atoms with Crippen LogP contribution in [-0.2, 0) is 6.42 Å². The van der Waals surface area contributed by atoms with Crippen molar-refractivity contribution in [2.75, 3.05) is 33.0 Å². The summed E-state index contributed by atoms with van der Waals surface area (Å²) in [5.74, 6) is 2.64. The van der Waals surface area contributed by atoms with Gasteiger partial charge in [-0.15, -0.1) is 11.8 Å². The second kappa shape index (κ2) is 5.98. The van der Waals surface area contributed by atoms with E-state index >= 15 is 0 Å². The lowest BCUT2D eigenvalue weighted by Gasteiger charge is -2.30. The Hall–Kier alpha value is -0.670. The van der Waals surface area contributed by atoms with Gasteiger partial charge in [-0.3, -0.25) is 0 Å². The second-order valence-electron chi connectivity index (χ2n) is 6.03. The van der Waals surface area contributed by atoms with Crippen LogP contribution in [0.1, 0.15) is 36.8 Å². The Bertz CT molecular complexity index is 488. The van der Waals surface area contributed by atoms with Crippen molar-refractivity contribution in [1.82, 2.24) is 4.90 Å². The van der Waals surface area contributed by atoms with Crippen LogP contribution in [0.3, 0.4) is 0 Å². The van der Waals surface area contributed by atoms with Gasteiger partial charge in [-0.05, 0) is 55.7 Å². The van der Waals surface area contributed by atoms with Crippen molar-refractivity contribution < 1.29 is 4.74 Å². The van der Waals surface area contributed by atoms with Crippen LogP contribution in [0.15, 0.2) is 17.0 Å². The number of likely N-dealkylation sites (tertiary alicyclic amines) is 1. The van der Waals surface area contributed by atoms with Crippen molar-refractivity contribution in [3.63, 3.8) is 0 Å². The fraction of sp³-hybridized carbons (Fsp3) is 0.647. The van der Waals surface area contributed by atoms with E-state index in [1.54, 1.807) is 5.56 Å². The van der Waals surface area contributed by atoms with E-state index in [4.69, 9.17) is 4.74 Å². The van der Waals surface area contributed by atoms with Crippen molar-refractivity contribution >= 4 is 11.8 Å². The molecule has 0 aromatic heterocycles. The fourth-order valence-corrected chi connectivity index (χ4v) is 4.73. The third kappa shape index (κ3) is 2.35. The summed E-state index contributed by atoms with van der Waals surface area (Å²) in [5.41, 5.74) is 3.09. The molecule has 2 nitrogen and oxygen atoms in total. The molecule has 0 unspecified atom stereocenters. The number of hydrogen-bond acceptors (Lipinski definition) is 3. The number of methoxy groups -OCH3 is 1. The number of fused-ring (bicyclic) bond motifs is 3. The van der Waals surface area contributed by atoms with Gasteiger partial charge in [-0.2, -0.15) is 0 Å². The highest BCUT2D eigenvalue weighted by Gasteiger charge is 2.39. The molecule has 0 N–H and O–H groups in total. The lowest BCUT2D eigenvalue weighted by Crippen LogP contribution is -2.21. The van der Waals surface area contributed by atoms with E-state index in [1.165, 1.54) is 49.4 Å². The number of hydrogen-bond donors (Lipinski definition) is 0. The molecule has 1 heterocycles. The monoisotopic (exact) mass is 291 g/mol. The van der Waals surface area contributed by atoms with Gasteiger partial charge >= 0.3 is 0 Å². The molecule has 3 rings (SSSR count). The zero-order chi connectivity index (χ0) is 14.1. The summed E-state index contributed by atoms with van der Waals surface area (Å²) in [5, 5.41) is 0. The summed E-state index contributed by atoms with van der Waals surface area (Å²) in [6, 6.07) is 4.41. The number of benzene rings is 1. The average molecular weight is 291 g/mol. The third-order valence-corrected chi connectivity index (χ3v) is 5.73. The Morgan fingerprint density at radius 3 is 2.90 bits per heavy atom. The number of rotatable bonds is 4. The molecule has 2 aliphatic rings. The number of nitrogens with zero attached hydrogens (tertiary/aromatic N) is 1. The van der Waals surface area contributed by atoms with E-state index in [9.17, 15) is 0 Å². The molecule has 1 aliphatic heterocycles. The lowest BCUT2D eigenvalue weighted by molar-refractivity contribution is 0.321. The first-order valence-electron chi connectivity index (χ1n) is 7.74. The maximum absolute atomic E-state index is 5.69. The molecule has 1 fully saturated rings. The maximum atomic E-state index is 5.69. The zero-order valence-electron chi connectivity index (χ0n) is 12.8. The largest absolute Gasteiger partial charge is 0.496 e. The quantitative estimate of drug-likeness (QED) is 0.783. The Kier molecular flexibility index (Phi) is 4.27. The minimum absolute atomic E-state index is 0.687. The average Bonchev–Trinajstić information content (AvgIpc) is 2.89. The minimum atomic E-state index is 0.687. The molecule has 110 valence electrons. The molecule has 0 amide bonds. The Morgan fingerprint density at radius 1 is 1.35 bits per heavy atom. The van der Waals surface area contributed by atoms with E-state index in [0.717, 1.165) is 11.7 Å². The highest BCUT2D eigenvalue weighted by atomic mass is 32.2. The summed E-state index contributed by atoms with van der Waals surface area (Å²) in [6.45, 7) is 6.03. The minimum Gasteiger partial charge on any atom is -0.496 e. The van der Waals surface area contributed by atoms with Crippen molar-refractivity contribution in [3.8, 4) is 5.75 Å². The molecule has 1 aromatic carbocycles. The number of ether oxygens (including phenoxy) is 1. The van der Waals surface area contributed by atoms with Crippen LogP contribution in [0.5, 0.6) is 5.75 Å². The first-order chi connectivity index (χ1) is 9.78. The molecule has 0 bridgehead atoms. The van der Waals surface area contributed by atoms with E-state index in [2.05, 4.69) is 30.2 Å². The molecule has 1 saturated heterocycles. The molecule has 0 radical (unpaired) electrons. The van der Waals surface area contributed by atoms with Crippen molar-refractivity contribution in [3.05, 3.63) is 23.3 Å². The van der Waals surface area contributed by atoms with E-state index in [-0.39, 0.29) is 0 Å². The van der Waals surface area contributed by atoms with Gasteiger partial charge in [0, 0.05) is 29.5 Å². The third-order valence-electron chi connectivity index (χ3n) is 4.91. The summed E-state index contributed by atoms with van der Waals surface area (Å²) in [6.07, 6.45) is 6.02. The van der Waals surface area contributed by atoms with Crippen LogP contribution in [0.25, 0.3) is 0 Å². The normalized spacial score (nSPS) is 25.4. The molecule has 3 heteroatoms. The van der Waals surface area contributed by atoms with Crippen LogP contribution >= 0.6 is 11.8 Å². The Balaban J connectivity index is 1.98. The highest BCUT2D eigenvalue weighted by Crippen LogP contribution is 2.47. The molecule has 1 aromatic rings. The van der Waals surface area contributed by atoms with Crippen molar-refractivity contribution in [2.24, 2.45) is 5.92 Å². The summed E-state index contributed by atoms with van der Waals surface area (Å²) >= 11 is 1.88. The summed E-state index contributed by atoms with van der Waals surface area (Å²) in [4.78, 5) is 4.10. The summed E-state index contributed by atoms with van der Waals surface area (Å²) < 4.78 is 5.69. The molecular formula is C17H25NOS. The van der Waals surface area contributed by atoms with Crippen LogP contribution in [0, 0.1) is 5.92 Å². The van der Waals surface area contributed by atoms with E-state index < -0.39 is 0 Å². The van der Waals surface area contributed by atoms with Crippen LogP contribution < -0.4 is 4.74 Å². The Labute approximate surface area is 126 Å².